The first-order valence-corrected chi connectivity index (χ1v) is 10.4. The number of hydrogen-bond acceptors (Lipinski definition) is 3. The first-order valence-electron chi connectivity index (χ1n) is 10.4. The van der Waals surface area contributed by atoms with E-state index in [4.69, 9.17) is 0 Å². The number of carbonyl (C=O) groups is 3. The molecule has 3 N–H and O–H groups in total. The Morgan fingerprint density at radius 1 is 1.03 bits per heavy atom. The summed E-state index contributed by atoms with van der Waals surface area (Å²) < 4.78 is 0. The van der Waals surface area contributed by atoms with Gasteiger partial charge in [-0.05, 0) is 46.7 Å². The summed E-state index contributed by atoms with van der Waals surface area (Å²) >= 11 is 0. The van der Waals surface area contributed by atoms with Crippen molar-refractivity contribution < 1.29 is 14.4 Å². The average Bonchev–Trinajstić information content (AvgIpc) is 3.53. The van der Waals surface area contributed by atoms with Gasteiger partial charge >= 0.3 is 6.03 Å². The zero-order valence-corrected chi connectivity index (χ0v) is 17.1. The minimum absolute atomic E-state index is 0.00128. The molecular formula is C25H23N3O3. The third-order valence-electron chi connectivity index (χ3n) is 6.39. The highest BCUT2D eigenvalue weighted by molar-refractivity contribution is 6.07. The zero-order valence-electron chi connectivity index (χ0n) is 17.1. The topological polar surface area (TPSA) is 87.3 Å². The maximum atomic E-state index is 12.7. The van der Waals surface area contributed by atoms with E-state index in [1.54, 1.807) is 6.92 Å². The first-order chi connectivity index (χ1) is 15.0. The van der Waals surface area contributed by atoms with Gasteiger partial charge in [-0.15, -0.1) is 0 Å². The number of rotatable bonds is 5. The molecular weight excluding hydrogens is 390 g/mol. The molecule has 0 aromatic heterocycles. The van der Waals surface area contributed by atoms with E-state index in [9.17, 15) is 14.4 Å². The highest BCUT2D eigenvalue weighted by Crippen LogP contribution is 2.49. The van der Waals surface area contributed by atoms with Crippen molar-refractivity contribution in [3.05, 3.63) is 83.4 Å². The molecule has 1 aliphatic carbocycles. The van der Waals surface area contributed by atoms with Gasteiger partial charge in [-0.1, -0.05) is 66.7 Å². The molecule has 3 aromatic carbocycles. The summed E-state index contributed by atoms with van der Waals surface area (Å²) in [6.07, 6.45) is 0.867. The van der Waals surface area contributed by atoms with Crippen LogP contribution in [0.15, 0.2) is 66.7 Å². The monoisotopic (exact) mass is 413 g/mol. The lowest BCUT2D eigenvalue weighted by Crippen LogP contribution is -2.40. The smallest absolute Gasteiger partial charge is 0.322 e. The van der Waals surface area contributed by atoms with Gasteiger partial charge in [-0.3, -0.25) is 14.9 Å². The third kappa shape index (κ3) is 3.44. The molecule has 31 heavy (non-hydrogen) atoms. The summed E-state index contributed by atoms with van der Waals surface area (Å²) in [7, 11) is 0. The molecule has 3 unspecified atom stereocenters. The van der Waals surface area contributed by atoms with Gasteiger partial charge in [-0.2, -0.15) is 0 Å². The summed E-state index contributed by atoms with van der Waals surface area (Å²) in [5.41, 5.74) is 1.81. The van der Waals surface area contributed by atoms with Crippen LogP contribution >= 0.6 is 0 Å². The van der Waals surface area contributed by atoms with E-state index >= 15 is 0 Å². The number of hydrogen-bond donors (Lipinski definition) is 3. The molecule has 6 nitrogen and oxygen atoms in total. The fourth-order valence-electron chi connectivity index (χ4n) is 4.42. The molecule has 0 radical (unpaired) electrons. The Hall–Kier alpha value is -3.67. The Labute approximate surface area is 180 Å². The number of benzene rings is 3. The van der Waals surface area contributed by atoms with Gasteiger partial charge in [0.1, 0.15) is 5.54 Å². The maximum Gasteiger partial charge on any atom is 0.322 e. The van der Waals surface area contributed by atoms with Crippen LogP contribution in [0.4, 0.5) is 4.79 Å². The van der Waals surface area contributed by atoms with Crippen molar-refractivity contribution in [2.75, 3.05) is 0 Å². The average molecular weight is 413 g/mol. The van der Waals surface area contributed by atoms with Gasteiger partial charge in [0.15, 0.2) is 0 Å². The lowest BCUT2D eigenvalue weighted by atomic mass is 9.91. The predicted octanol–water partition coefficient (Wildman–Crippen LogP) is 3.31. The van der Waals surface area contributed by atoms with Crippen LogP contribution in [0, 0.1) is 5.92 Å². The van der Waals surface area contributed by atoms with Crippen molar-refractivity contribution in [3.63, 3.8) is 0 Å². The van der Waals surface area contributed by atoms with Crippen LogP contribution in [-0.2, 0) is 21.7 Å². The van der Waals surface area contributed by atoms with Gasteiger partial charge in [0.25, 0.3) is 5.91 Å². The van der Waals surface area contributed by atoms with Crippen LogP contribution in [0.25, 0.3) is 10.8 Å². The lowest BCUT2D eigenvalue weighted by Gasteiger charge is -2.21. The molecule has 156 valence electrons. The van der Waals surface area contributed by atoms with Crippen molar-refractivity contribution in [3.8, 4) is 0 Å². The van der Waals surface area contributed by atoms with Crippen molar-refractivity contribution in [2.24, 2.45) is 5.92 Å². The van der Waals surface area contributed by atoms with Crippen molar-refractivity contribution in [2.45, 2.75) is 31.3 Å². The number of carbonyl (C=O) groups excluding carboxylic acids is 3. The second-order valence-electron chi connectivity index (χ2n) is 8.47. The minimum Gasteiger partial charge on any atom is -0.352 e. The van der Waals surface area contributed by atoms with Gasteiger partial charge in [0.2, 0.25) is 5.91 Å². The second kappa shape index (κ2) is 7.23. The molecule has 0 bridgehead atoms. The number of nitrogens with one attached hydrogen (secondary N) is 3. The summed E-state index contributed by atoms with van der Waals surface area (Å²) in [6, 6.07) is 21.4. The van der Waals surface area contributed by atoms with Crippen LogP contribution in [0.1, 0.15) is 36.0 Å². The Morgan fingerprint density at radius 3 is 2.52 bits per heavy atom. The van der Waals surface area contributed by atoms with Crippen molar-refractivity contribution in [1.29, 1.82) is 0 Å². The zero-order chi connectivity index (χ0) is 21.6. The molecule has 3 aromatic rings. The fourth-order valence-corrected chi connectivity index (χ4v) is 4.42. The van der Waals surface area contributed by atoms with Gasteiger partial charge in [-0.25, -0.2) is 4.79 Å². The summed E-state index contributed by atoms with van der Waals surface area (Å²) in [5, 5.41) is 10.4. The Morgan fingerprint density at radius 2 is 1.77 bits per heavy atom. The minimum atomic E-state index is -1.07. The maximum absolute atomic E-state index is 12.7. The molecule has 1 aliphatic heterocycles. The van der Waals surface area contributed by atoms with E-state index in [0.29, 0.717) is 12.1 Å². The molecule has 6 heteroatoms. The molecule has 2 fully saturated rings. The Bertz CT molecular complexity index is 1200. The van der Waals surface area contributed by atoms with Gasteiger partial charge in [0, 0.05) is 12.5 Å². The summed E-state index contributed by atoms with van der Waals surface area (Å²) in [4.78, 5) is 36.2. The largest absolute Gasteiger partial charge is 0.352 e. The summed E-state index contributed by atoms with van der Waals surface area (Å²) in [5.74, 6) is -0.0394. The third-order valence-corrected chi connectivity index (χ3v) is 6.39. The standard InChI is InChI=1S/C25H23N3O3/c1-25(23(30)27-24(31)28-25)17-11-9-15(10-12-17)14-26-22(29)21-13-20(21)19-8-4-6-16-5-2-3-7-18(16)19/h2-12,20-21H,13-14H2,1H3,(H,26,29)(H2,27,28,30,31). The van der Waals surface area contributed by atoms with Crippen molar-refractivity contribution >= 4 is 28.6 Å². The fraction of sp³-hybridized carbons (Fsp3) is 0.240. The number of urea groups is 1. The van der Waals surface area contributed by atoms with Crippen LogP contribution in [0.3, 0.4) is 0 Å². The van der Waals surface area contributed by atoms with E-state index in [1.807, 2.05) is 36.4 Å². The molecule has 1 saturated heterocycles. The second-order valence-corrected chi connectivity index (χ2v) is 8.47. The predicted molar refractivity (Wildman–Crippen MR) is 117 cm³/mol. The molecule has 1 saturated carbocycles. The van der Waals surface area contributed by atoms with E-state index in [2.05, 4.69) is 46.3 Å². The van der Waals surface area contributed by atoms with Crippen LogP contribution < -0.4 is 16.0 Å². The Kier molecular flexibility index (Phi) is 4.50. The number of fused-ring (bicyclic) bond motifs is 1. The normalized spacial score (nSPS) is 24.5. The highest BCUT2D eigenvalue weighted by atomic mass is 16.2. The molecule has 5 rings (SSSR count). The lowest BCUT2D eigenvalue weighted by molar-refractivity contribution is -0.124. The molecule has 3 atom stereocenters. The van der Waals surface area contributed by atoms with Crippen molar-refractivity contribution in [1.82, 2.24) is 16.0 Å². The molecule has 0 spiro atoms. The highest BCUT2D eigenvalue weighted by Gasteiger charge is 2.45. The number of amides is 4. The van der Waals surface area contributed by atoms with Gasteiger partial charge < -0.3 is 10.6 Å². The quantitative estimate of drug-likeness (QED) is 0.561. The van der Waals surface area contributed by atoms with E-state index in [0.717, 1.165) is 12.0 Å². The van der Waals surface area contributed by atoms with E-state index in [-0.39, 0.29) is 23.7 Å². The number of imide groups is 1. The Balaban J connectivity index is 1.22. The van der Waals surface area contributed by atoms with Gasteiger partial charge in [0.05, 0.1) is 0 Å². The SMILES string of the molecule is CC1(c2ccc(CNC(=O)C3CC3c3cccc4ccccc34)cc2)NC(=O)NC1=O. The van der Waals surface area contributed by atoms with Crippen LogP contribution in [-0.4, -0.2) is 17.8 Å². The van der Waals surface area contributed by atoms with Crippen LogP contribution in [0.2, 0.25) is 0 Å². The molecule has 1 heterocycles. The molecule has 4 amide bonds. The first kappa shape index (κ1) is 19.3. The summed E-state index contributed by atoms with van der Waals surface area (Å²) in [6.45, 7) is 2.09. The van der Waals surface area contributed by atoms with E-state index < -0.39 is 11.6 Å². The van der Waals surface area contributed by atoms with E-state index in [1.165, 1.54) is 16.3 Å². The molecule has 2 aliphatic rings. The van der Waals surface area contributed by atoms with Crippen LogP contribution in [0.5, 0.6) is 0 Å².